The van der Waals surface area contributed by atoms with Crippen LogP contribution in [0.15, 0.2) is 30.5 Å². The van der Waals surface area contributed by atoms with Crippen LogP contribution in [-0.2, 0) is 11.3 Å². The number of halogens is 2. The number of alkyl halides is 2. The minimum atomic E-state index is -2.63. The summed E-state index contributed by atoms with van der Waals surface area (Å²) >= 11 is 0. The summed E-state index contributed by atoms with van der Waals surface area (Å²) in [6.45, 7) is 3.12. The Labute approximate surface area is 136 Å². The van der Waals surface area contributed by atoms with Gasteiger partial charge in [-0.05, 0) is 32.0 Å². The third-order valence-corrected chi connectivity index (χ3v) is 3.50. The lowest BCUT2D eigenvalue weighted by atomic mass is 10.1. The number of pyridine rings is 2. The number of carbonyl (C=O) groups is 1. The molecule has 0 unspecified atom stereocenters. The smallest absolute Gasteiger partial charge is 0.264 e. The molecule has 0 radical (unpaired) electrons. The SMILES string of the molecule is Cc1cc(C(F)F)c2c(C)nn(CC(=O)Nc3ccccn3)c2n1. The maximum absolute atomic E-state index is 13.3. The first-order valence-electron chi connectivity index (χ1n) is 7.29. The summed E-state index contributed by atoms with van der Waals surface area (Å²) in [6, 6.07) is 6.48. The molecule has 3 rings (SSSR count). The van der Waals surface area contributed by atoms with Crippen molar-refractivity contribution in [3.63, 3.8) is 0 Å². The van der Waals surface area contributed by atoms with Gasteiger partial charge in [0.25, 0.3) is 6.43 Å². The number of nitrogens with one attached hydrogen (secondary N) is 1. The number of anilines is 1. The zero-order chi connectivity index (χ0) is 17.3. The van der Waals surface area contributed by atoms with Gasteiger partial charge in [-0.1, -0.05) is 6.07 Å². The van der Waals surface area contributed by atoms with Crippen molar-refractivity contribution in [2.24, 2.45) is 0 Å². The molecule has 0 saturated heterocycles. The first-order valence-corrected chi connectivity index (χ1v) is 7.29. The molecule has 0 atom stereocenters. The molecule has 0 spiro atoms. The van der Waals surface area contributed by atoms with Gasteiger partial charge in [-0.3, -0.25) is 4.79 Å². The molecule has 1 amide bonds. The maximum Gasteiger partial charge on any atom is 0.264 e. The van der Waals surface area contributed by atoms with Crippen molar-refractivity contribution in [3.05, 3.63) is 47.4 Å². The zero-order valence-corrected chi connectivity index (χ0v) is 13.1. The first kappa shape index (κ1) is 16.0. The van der Waals surface area contributed by atoms with E-state index in [-0.39, 0.29) is 23.7 Å². The highest BCUT2D eigenvalue weighted by molar-refractivity contribution is 5.91. The molecule has 0 aliphatic rings. The minimum absolute atomic E-state index is 0.119. The van der Waals surface area contributed by atoms with Crippen LogP contribution in [0.2, 0.25) is 0 Å². The molecule has 24 heavy (non-hydrogen) atoms. The molecule has 124 valence electrons. The lowest BCUT2D eigenvalue weighted by molar-refractivity contribution is -0.116. The Hall–Kier alpha value is -2.90. The summed E-state index contributed by atoms with van der Waals surface area (Å²) in [5, 5.41) is 7.12. The summed E-state index contributed by atoms with van der Waals surface area (Å²) in [4.78, 5) is 20.4. The number of hydrogen-bond acceptors (Lipinski definition) is 4. The molecule has 6 nitrogen and oxygen atoms in total. The molecule has 8 heteroatoms. The molecule has 0 fully saturated rings. The number of aryl methyl sites for hydroxylation is 2. The van der Waals surface area contributed by atoms with Gasteiger partial charge in [0.15, 0.2) is 5.65 Å². The summed E-state index contributed by atoms with van der Waals surface area (Å²) < 4.78 is 27.9. The van der Waals surface area contributed by atoms with Crippen molar-refractivity contribution in [1.29, 1.82) is 0 Å². The highest BCUT2D eigenvalue weighted by Crippen LogP contribution is 2.29. The average Bonchev–Trinajstić information content (AvgIpc) is 2.83. The molecule has 3 aromatic rings. The van der Waals surface area contributed by atoms with Crippen molar-refractivity contribution in [3.8, 4) is 0 Å². The Kier molecular flexibility index (Phi) is 4.20. The number of hydrogen-bond donors (Lipinski definition) is 1. The van der Waals surface area contributed by atoms with Crippen LogP contribution in [0, 0.1) is 13.8 Å². The molecule has 0 bridgehead atoms. The fourth-order valence-electron chi connectivity index (χ4n) is 2.55. The Morgan fingerprint density at radius 3 is 2.79 bits per heavy atom. The minimum Gasteiger partial charge on any atom is -0.309 e. The molecule has 0 aliphatic carbocycles. The second-order valence-electron chi connectivity index (χ2n) is 5.36. The van der Waals surface area contributed by atoms with E-state index < -0.39 is 6.43 Å². The fraction of sp³-hybridized carbons (Fsp3) is 0.250. The van der Waals surface area contributed by atoms with Gasteiger partial charge in [-0.15, -0.1) is 0 Å². The van der Waals surface area contributed by atoms with Gasteiger partial charge in [0, 0.05) is 17.5 Å². The van der Waals surface area contributed by atoms with Gasteiger partial charge in [0.2, 0.25) is 5.91 Å². The number of nitrogens with zero attached hydrogens (tertiary/aromatic N) is 4. The van der Waals surface area contributed by atoms with Crippen LogP contribution < -0.4 is 5.32 Å². The quantitative estimate of drug-likeness (QED) is 0.797. The molecule has 0 aromatic carbocycles. The Bertz CT molecular complexity index is 892. The highest BCUT2D eigenvalue weighted by Gasteiger charge is 2.20. The number of aromatic nitrogens is 4. The van der Waals surface area contributed by atoms with E-state index >= 15 is 0 Å². The van der Waals surface area contributed by atoms with Crippen LogP contribution in [0.4, 0.5) is 14.6 Å². The second kappa shape index (κ2) is 6.31. The van der Waals surface area contributed by atoms with Crippen LogP contribution in [0.25, 0.3) is 11.0 Å². The fourth-order valence-corrected chi connectivity index (χ4v) is 2.55. The standard InChI is InChI=1S/C16H15F2N5O/c1-9-7-11(15(17)18)14-10(2)22-23(16(14)20-9)8-13(24)21-12-5-3-4-6-19-12/h3-7,15H,8H2,1-2H3,(H,19,21,24). The van der Waals surface area contributed by atoms with E-state index in [1.165, 1.54) is 10.7 Å². The van der Waals surface area contributed by atoms with Crippen molar-refractivity contribution in [2.75, 3.05) is 5.32 Å². The maximum atomic E-state index is 13.3. The Morgan fingerprint density at radius 2 is 2.12 bits per heavy atom. The number of carbonyl (C=O) groups excluding carboxylic acids is 1. The number of fused-ring (bicyclic) bond motifs is 1. The van der Waals surface area contributed by atoms with E-state index in [0.29, 0.717) is 22.6 Å². The highest BCUT2D eigenvalue weighted by atomic mass is 19.3. The predicted molar refractivity (Wildman–Crippen MR) is 84.8 cm³/mol. The topological polar surface area (TPSA) is 72.7 Å². The van der Waals surface area contributed by atoms with Gasteiger partial charge in [-0.25, -0.2) is 23.4 Å². The molecule has 3 heterocycles. The van der Waals surface area contributed by atoms with Gasteiger partial charge in [0.05, 0.1) is 11.1 Å². The lowest BCUT2D eigenvalue weighted by Gasteiger charge is -2.07. The number of rotatable bonds is 4. The summed E-state index contributed by atoms with van der Waals surface area (Å²) in [6.07, 6.45) is -1.07. The molecule has 0 saturated carbocycles. The van der Waals surface area contributed by atoms with Crippen LogP contribution >= 0.6 is 0 Å². The van der Waals surface area contributed by atoms with Gasteiger partial charge >= 0.3 is 0 Å². The van der Waals surface area contributed by atoms with Gasteiger partial charge in [-0.2, -0.15) is 5.10 Å². The van der Waals surface area contributed by atoms with Crippen LogP contribution in [0.3, 0.4) is 0 Å². The normalized spacial score (nSPS) is 11.2. The summed E-state index contributed by atoms with van der Waals surface area (Å²) in [7, 11) is 0. The Balaban J connectivity index is 1.94. The van der Waals surface area contributed by atoms with E-state index in [0.717, 1.165) is 0 Å². The largest absolute Gasteiger partial charge is 0.309 e. The molecule has 3 aromatic heterocycles. The zero-order valence-electron chi connectivity index (χ0n) is 13.1. The van der Waals surface area contributed by atoms with Crippen molar-refractivity contribution >= 4 is 22.8 Å². The van der Waals surface area contributed by atoms with Crippen molar-refractivity contribution in [2.45, 2.75) is 26.8 Å². The molecule has 1 N–H and O–H groups in total. The molecular weight excluding hydrogens is 316 g/mol. The number of amides is 1. The third kappa shape index (κ3) is 3.08. The van der Waals surface area contributed by atoms with Gasteiger partial charge < -0.3 is 5.32 Å². The second-order valence-corrected chi connectivity index (χ2v) is 5.36. The molecular formula is C16H15F2N5O. The van der Waals surface area contributed by atoms with E-state index in [9.17, 15) is 13.6 Å². The average molecular weight is 331 g/mol. The first-order chi connectivity index (χ1) is 11.5. The van der Waals surface area contributed by atoms with Crippen LogP contribution in [-0.4, -0.2) is 25.7 Å². The van der Waals surface area contributed by atoms with E-state index in [2.05, 4.69) is 20.4 Å². The summed E-state index contributed by atoms with van der Waals surface area (Å²) in [5.41, 5.74) is 1.02. The monoisotopic (exact) mass is 331 g/mol. The third-order valence-electron chi connectivity index (χ3n) is 3.50. The van der Waals surface area contributed by atoms with Crippen LogP contribution in [0.5, 0.6) is 0 Å². The molecule has 0 aliphatic heterocycles. The Morgan fingerprint density at radius 1 is 1.33 bits per heavy atom. The van der Waals surface area contributed by atoms with Crippen molar-refractivity contribution < 1.29 is 13.6 Å². The van der Waals surface area contributed by atoms with E-state index in [1.807, 2.05) is 0 Å². The predicted octanol–water partition coefficient (Wildman–Crippen LogP) is 3.02. The van der Waals surface area contributed by atoms with E-state index in [4.69, 9.17) is 0 Å². The summed E-state index contributed by atoms with van der Waals surface area (Å²) in [5.74, 6) is 0.0492. The lowest BCUT2D eigenvalue weighted by Crippen LogP contribution is -2.20. The van der Waals surface area contributed by atoms with Crippen LogP contribution in [0.1, 0.15) is 23.4 Å². The van der Waals surface area contributed by atoms with Crippen molar-refractivity contribution in [1.82, 2.24) is 19.7 Å². The van der Waals surface area contributed by atoms with E-state index in [1.54, 1.807) is 38.2 Å². The van der Waals surface area contributed by atoms with Gasteiger partial charge in [0.1, 0.15) is 12.4 Å².